The molecule has 0 saturated heterocycles. The van der Waals surface area contributed by atoms with Gasteiger partial charge in [-0.1, -0.05) is 12.1 Å². The van der Waals surface area contributed by atoms with Crippen molar-refractivity contribution in [3.05, 3.63) is 35.4 Å². The summed E-state index contributed by atoms with van der Waals surface area (Å²) in [7, 11) is 0. The molecule has 18 heavy (non-hydrogen) atoms. The molecule has 0 unspecified atom stereocenters. The number of primary amides is 1. The lowest BCUT2D eigenvalue weighted by Crippen LogP contribution is -2.39. The van der Waals surface area contributed by atoms with E-state index >= 15 is 0 Å². The Balaban J connectivity index is 1.82. The molecule has 0 bridgehead atoms. The number of rotatable bonds is 4. The second-order valence-corrected chi connectivity index (χ2v) is 5.29. The van der Waals surface area contributed by atoms with E-state index in [2.05, 4.69) is 5.32 Å². The van der Waals surface area contributed by atoms with Gasteiger partial charge in [0.05, 0.1) is 11.1 Å². The van der Waals surface area contributed by atoms with E-state index in [4.69, 9.17) is 5.73 Å². The highest BCUT2D eigenvalue weighted by molar-refractivity contribution is 6.06. The Bertz CT molecular complexity index is 516. The maximum atomic E-state index is 12.2. The summed E-state index contributed by atoms with van der Waals surface area (Å²) in [6, 6.07) is 6.70. The number of amides is 2. The third kappa shape index (κ3) is 1.88. The van der Waals surface area contributed by atoms with Gasteiger partial charge in [-0.25, -0.2) is 0 Å². The molecule has 0 radical (unpaired) electrons. The zero-order valence-corrected chi connectivity index (χ0v) is 10.1. The Hall–Kier alpha value is -1.84. The molecule has 2 aliphatic rings. The highest BCUT2D eigenvalue weighted by Crippen LogP contribution is 2.53. The Morgan fingerprint density at radius 1 is 1.17 bits per heavy atom. The SMILES string of the molecule is NC(=O)c1ccccc1C(=O)NC1(C2CC2)CC1. The number of nitrogens with two attached hydrogens (primary N) is 1. The van der Waals surface area contributed by atoms with Gasteiger partial charge in [-0.15, -0.1) is 0 Å². The molecule has 0 spiro atoms. The summed E-state index contributed by atoms with van der Waals surface area (Å²) in [5, 5.41) is 3.09. The Morgan fingerprint density at radius 2 is 1.78 bits per heavy atom. The van der Waals surface area contributed by atoms with Crippen molar-refractivity contribution in [2.45, 2.75) is 31.2 Å². The van der Waals surface area contributed by atoms with Crippen molar-refractivity contribution in [1.29, 1.82) is 0 Å². The molecule has 3 rings (SSSR count). The summed E-state index contributed by atoms with van der Waals surface area (Å²) in [4.78, 5) is 23.5. The molecule has 2 amide bonds. The molecule has 2 saturated carbocycles. The van der Waals surface area contributed by atoms with Crippen LogP contribution in [-0.2, 0) is 0 Å². The number of nitrogens with one attached hydrogen (secondary N) is 1. The van der Waals surface area contributed by atoms with E-state index in [1.54, 1.807) is 24.3 Å². The molecular weight excluding hydrogens is 228 g/mol. The van der Waals surface area contributed by atoms with Crippen LogP contribution in [0.5, 0.6) is 0 Å². The van der Waals surface area contributed by atoms with Gasteiger partial charge < -0.3 is 11.1 Å². The summed E-state index contributed by atoms with van der Waals surface area (Å²) in [5.41, 5.74) is 5.98. The van der Waals surface area contributed by atoms with E-state index < -0.39 is 5.91 Å². The van der Waals surface area contributed by atoms with Gasteiger partial charge in [0, 0.05) is 5.54 Å². The quantitative estimate of drug-likeness (QED) is 0.841. The van der Waals surface area contributed by atoms with E-state index in [-0.39, 0.29) is 11.4 Å². The Morgan fingerprint density at radius 3 is 2.28 bits per heavy atom. The number of carbonyl (C=O) groups excluding carboxylic acids is 2. The zero-order chi connectivity index (χ0) is 12.8. The van der Waals surface area contributed by atoms with E-state index in [9.17, 15) is 9.59 Å². The lowest BCUT2D eigenvalue weighted by Gasteiger charge is -2.17. The summed E-state index contributed by atoms with van der Waals surface area (Å²) < 4.78 is 0. The van der Waals surface area contributed by atoms with Crippen LogP contribution in [0.2, 0.25) is 0 Å². The molecule has 0 aromatic heterocycles. The lowest BCUT2D eigenvalue weighted by molar-refractivity contribution is 0.0912. The standard InChI is InChI=1S/C14H16N2O2/c15-12(17)10-3-1-2-4-11(10)13(18)16-14(7-8-14)9-5-6-9/h1-4,9H,5-8H2,(H2,15,17)(H,16,18). The highest BCUT2D eigenvalue weighted by Gasteiger charge is 2.54. The monoisotopic (exact) mass is 244 g/mol. The van der Waals surface area contributed by atoms with E-state index in [0.29, 0.717) is 17.0 Å². The maximum absolute atomic E-state index is 12.2. The van der Waals surface area contributed by atoms with Crippen LogP contribution in [0.1, 0.15) is 46.4 Å². The van der Waals surface area contributed by atoms with E-state index in [1.165, 1.54) is 12.8 Å². The molecule has 0 heterocycles. The molecule has 0 atom stereocenters. The van der Waals surface area contributed by atoms with Crippen molar-refractivity contribution in [3.63, 3.8) is 0 Å². The van der Waals surface area contributed by atoms with Gasteiger partial charge in [0.1, 0.15) is 0 Å². The predicted molar refractivity (Wildman–Crippen MR) is 67.1 cm³/mol. The number of benzene rings is 1. The van der Waals surface area contributed by atoms with Crippen molar-refractivity contribution >= 4 is 11.8 Å². The van der Waals surface area contributed by atoms with Crippen molar-refractivity contribution in [1.82, 2.24) is 5.32 Å². The molecule has 2 aliphatic carbocycles. The van der Waals surface area contributed by atoms with E-state index in [0.717, 1.165) is 12.8 Å². The molecule has 4 nitrogen and oxygen atoms in total. The average Bonchev–Trinajstić information content (AvgIpc) is 3.22. The second kappa shape index (κ2) is 3.83. The fraction of sp³-hybridized carbons (Fsp3) is 0.429. The third-order valence-corrected chi connectivity index (χ3v) is 3.95. The predicted octanol–water partition coefficient (Wildman–Crippen LogP) is 1.46. The van der Waals surface area contributed by atoms with Crippen molar-refractivity contribution in [3.8, 4) is 0 Å². The summed E-state index contributed by atoms with van der Waals surface area (Å²) >= 11 is 0. The first-order valence-electron chi connectivity index (χ1n) is 6.34. The molecule has 1 aromatic carbocycles. The molecule has 1 aromatic rings. The van der Waals surface area contributed by atoms with Crippen LogP contribution in [0.25, 0.3) is 0 Å². The van der Waals surface area contributed by atoms with E-state index in [1.807, 2.05) is 0 Å². The summed E-state index contributed by atoms with van der Waals surface area (Å²) in [6.07, 6.45) is 4.53. The van der Waals surface area contributed by atoms with Crippen LogP contribution in [0.15, 0.2) is 24.3 Å². The van der Waals surface area contributed by atoms with Gasteiger partial charge in [-0.05, 0) is 43.7 Å². The normalized spacial score (nSPS) is 20.2. The number of hydrogen-bond donors (Lipinski definition) is 2. The first-order valence-corrected chi connectivity index (χ1v) is 6.34. The molecule has 3 N–H and O–H groups in total. The van der Waals surface area contributed by atoms with Crippen LogP contribution >= 0.6 is 0 Å². The van der Waals surface area contributed by atoms with Crippen LogP contribution in [-0.4, -0.2) is 17.4 Å². The third-order valence-electron chi connectivity index (χ3n) is 3.95. The molecular formula is C14H16N2O2. The Labute approximate surface area is 106 Å². The fourth-order valence-corrected chi connectivity index (χ4v) is 2.60. The molecule has 94 valence electrons. The minimum Gasteiger partial charge on any atom is -0.366 e. The average molecular weight is 244 g/mol. The smallest absolute Gasteiger partial charge is 0.252 e. The van der Waals surface area contributed by atoms with Crippen LogP contribution in [0, 0.1) is 5.92 Å². The highest BCUT2D eigenvalue weighted by atomic mass is 16.2. The van der Waals surface area contributed by atoms with Crippen molar-refractivity contribution < 1.29 is 9.59 Å². The minimum absolute atomic E-state index is 0.0157. The number of hydrogen-bond acceptors (Lipinski definition) is 2. The van der Waals surface area contributed by atoms with Crippen molar-refractivity contribution in [2.24, 2.45) is 11.7 Å². The first kappa shape index (κ1) is 11.3. The van der Waals surface area contributed by atoms with Gasteiger partial charge >= 0.3 is 0 Å². The largest absolute Gasteiger partial charge is 0.366 e. The second-order valence-electron chi connectivity index (χ2n) is 5.29. The summed E-state index contributed by atoms with van der Waals surface area (Å²) in [5.74, 6) is -0.0898. The Kier molecular flexibility index (Phi) is 2.40. The molecule has 2 fully saturated rings. The van der Waals surface area contributed by atoms with Gasteiger partial charge in [-0.3, -0.25) is 9.59 Å². The minimum atomic E-state index is -0.558. The molecule has 0 aliphatic heterocycles. The topological polar surface area (TPSA) is 72.2 Å². The zero-order valence-electron chi connectivity index (χ0n) is 10.1. The van der Waals surface area contributed by atoms with Crippen LogP contribution in [0.3, 0.4) is 0 Å². The van der Waals surface area contributed by atoms with Crippen LogP contribution < -0.4 is 11.1 Å². The first-order chi connectivity index (χ1) is 8.62. The van der Waals surface area contributed by atoms with Gasteiger partial charge in [-0.2, -0.15) is 0 Å². The molecule has 4 heteroatoms. The fourth-order valence-electron chi connectivity index (χ4n) is 2.60. The maximum Gasteiger partial charge on any atom is 0.252 e. The number of carbonyl (C=O) groups is 2. The van der Waals surface area contributed by atoms with Gasteiger partial charge in [0.15, 0.2) is 0 Å². The van der Waals surface area contributed by atoms with Crippen LogP contribution in [0.4, 0.5) is 0 Å². The lowest BCUT2D eigenvalue weighted by atomic mass is 10.0. The van der Waals surface area contributed by atoms with Crippen molar-refractivity contribution in [2.75, 3.05) is 0 Å². The van der Waals surface area contributed by atoms with Gasteiger partial charge in [0.2, 0.25) is 5.91 Å². The van der Waals surface area contributed by atoms with Gasteiger partial charge in [0.25, 0.3) is 5.91 Å². The summed E-state index contributed by atoms with van der Waals surface area (Å²) in [6.45, 7) is 0.